The molecule has 0 unspecified atom stereocenters. The molecule has 0 radical (unpaired) electrons. The van der Waals surface area contributed by atoms with Crippen LogP contribution in [0.4, 0.5) is 0 Å². The van der Waals surface area contributed by atoms with E-state index < -0.39 is 0 Å². The second-order valence-electron chi connectivity index (χ2n) is 12.9. The van der Waals surface area contributed by atoms with Crippen molar-refractivity contribution in [2.24, 2.45) is 0 Å². The van der Waals surface area contributed by atoms with Gasteiger partial charge in [0.1, 0.15) is 0 Å². The molecule has 0 saturated carbocycles. The molecule has 0 N–H and O–H groups in total. The fourth-order valence-electron chi connectivity index (χ4n) is 8.39. The Morgan fingerprint density at radius 1 is 0.229 bits per heavy atom. The predicted octanol–water partition coefficient (Wildman–Crippen LogP) is 12.5. The van der Waals surface area contributed by atoms with Crippen molar-refractivity contribution in [1.82, 2.24) is 9.13 Å². The fraction of sp³-hybridized carbons (Fsp3) is 0. The molecule has 2 aromatic heterocycles. The average Bonchev–Trinajstić information content (AvgIpc) is 3.65. The van der Waals surface area contributed by atoms with E-state index in [1.54, 1.807) is 0 Å². The molecular formula is C46H28N2. The molecule has 0 fully saturated rings. The first-order valence-electron chi connectivity index (χ1n) is 16.6. The van der Waals surface area contributed by atoms with Gasteiger partial charge in [0.15, 0.2) is 0 Å². The third-order valence-corrected chi connectivity index (χ3v) is 10.4. The molecule has 0 aliphatic rings. The molecule has 48 heavy (non-hydrogen) atoms. The number of aromatic nitrogens is 2. The van der Waals surface area contributed by atoms with Gasteiger partial charge in [0.2, 0.25) is 0 Å². The van der Waals surface area contributed by atoms with Gasteiger partial charge in [-0.1, -0.05) is 133 Å². The molecule has 2 heteroatoms. The summed E-state index contributed by atoms with van der Waals surface area (Å²) >= 11 is 0. The van der Waals surface area contributed by atoms with Crippen molar-refractivity contribution >= 4 is 86.7 Å². The summed E-state index contributed by atoms with van der Waals surface area (Å²) in [5.41, 5.74) is 7.28. The second kappa shape index (κ2) is 9.57. The molecule has 0 spiro atoms. The fourth-order valence-corrected chi connectivity index (χ4v) is 8.39. The van der Waals surface area contributed by atoms with Gasteiger partial charge in [-0.05, 0) is 68.7 Å². The van der Waals surface area contributed by atoms with Gasteiger partial charge in [0.25, 0.3) is 0 Å². The summed E-state index contributed by atoms with van der Waals surface area (Å²) in [6.45, 7) is 0. The summed E-state index contributed by atoms with van der Waals surface area (Å²) < 4.78 is 4.99. The number of fused-ring (bicyclic) bond motifs is 12. The Balaban J connectivity index is 1.32. The van der Waals surface area contributed by atoms with Crippen molar-refractivity contribution < 1.29 is 0 Å². The van der Waals surface area contributed by atoms with Crippen LogP contribution in [0, 0.1) is 0 Å². The quantitative estimate of drug-likeness (QED) is 0.173. The second-order valence-corrected chi connectivity index (χ2v) is 12.9. The smallest absolute Gasteiger partial charge is 0.0549 e. The Bertz CT molecular complexity index is 2910. The zero-order chi connectivity index (χ0) is 31.3. The van der Waals surface area contributed by atoms with E-state index in [4.69, 9.17) is 0 Å². The maximum Gasteiger partial charge on any atom is 0.0549 e. The normalized spacial score (nSPS) is 12.2. The van der Waals surface area contributed by atoms with Gasteiger partial charge in [0.05, 0.1) is 33.4 Å². The van der Waals surface area contributed by atoms with E-state index in [0.717, 1.165) is 0 Å². The van der Waals surface area contributed by atoms with E-state index in [2.05, 4.69) is 179 Å². The van der Waals surface area contributed by atoms with Crippen LogP contribution in [-0.4, -0.2) is 9.13 Å². The highest BCUT2D eigenvalue weighted by molar-refractivity contribution is 6.21. The largest absolute Gasteiger partial charge is 0.309 e. The summed E-state index contributed by atoms with van der Waals surface area (Å²) in [6, 6.07) is 62.6. The van der Waals surface area contributed by atoms with Crippen LogP contribution in [-0.2, 0) is 0 Å². The van der Waals surface area contributed by atoms with Crippen molar-refractivity contribution in [3.63, 3.8) is 0 Å². The lowest BCUT2D eigenvalue weighted by molar-refractivity contribution is 1.20. The van der Waals surface area contributed by atoms with Gasteiger partial charge < -0.3 is 9.13 Å². The lowest BCUT2D eigenvalue weighted by atomic mass is 10.00. The van der Waals surface area contributed by atoms with Gasteiger partial charge in [-0.25, -0.2) is 0 Å². The third kappa shape index (κ3) is 3.41. The van der Waals surface area contributed by atoms with E-state index in [9.17, 15) is 0 Å². The summed E-state index contributed by atoms with van der Waals surface area (Å²) in [5.74, 6) is 0. The van der Waals surface area contributed by atoms with Gasteiger partial charge in [-0.15, -0.1) is 0 Å². The zero-order valence-corrected chi connectivity index (χ0v) is 26.1. The molecule has 222 valence electrons. The van der Waals surface area contributed by atoms with Crippen molar-refractivity contribution in [3.05, 3.63) is 170 Å². The Morgan fingerprint density at radius 3 is 1.00 bits per heavy atom. The molecule has 2 heterocycles. The van der Waals surface area contributed by atoms with Crippen molar-refractivity contribution in [1.29, 1.82) is 0 Å². The monoisotopic (exact) mass is 608 g/mol. The number of hydrogen-bond donors (Lipinski definition) is 0. The molecule has 9 aromatic carbocycles. The van der Waals surface area contributed by atoms with Gasteiger partial charge in [-0.2, -0.15) is 0 Å². The standard InChI is InChI=1S/C46H28N2/c1-3-15-31-29(13-1)25-43(35-19-7-5-17-33(31)35)47-41-23-11-9-21-37(41)39-28-46-40(27-45(39)47)38-22-10-12-24-42(38)48(46)44-26-30-14-2-4-16-32(30)34-18-6-8-20-36(34)44/h1-28H. The molecule has 0 amide bonds. The van der Waals surface area contributed by atoms with Crippen LogP contribution in [0.15, 0.2) is 170 Å². The summed E-state index contributed by atoms with van der Waals surface area (Å²) in [7, 11) is 0. The molecule has 0 bridgehead atoms. The van der Waals surface area contributed by atoms with Crippen molar-refractivity contribution in [2.75, 3.05) is 0 Å². The number of hydrogen-bond acceptors (Lipinski definition) is 0. The van der Waals surface area contributed by atoms with Crippen LogP contribution in [0.3, 0.4) is 0 Å². The molecule has 0 atom stereocenters. The van der Waals surface area contributed by atoms with Gasteiger partial charge >= 0.3 is 0 Å². The van der Waals surface area contributed by atoms with Crippen LogP contribution < -0.4 is 0 Å². The lowest BCUT2D eigenvalue weighted by Gasteiger charge is -2.15. The summed E-state index contributed by atoms with van der Waals surface area (Å²) in [4.78, 5) is 0. The first-order chi connectivity index (χ1) is 23.8. The topological polar surface area (TPSA) is 9.86 Å². The van der Waals surface area contributed by atoms with E-state index in [1.165, 1.54) is 98.1 Å². The third-order valence-electron chi connectivity index (χ3n) is 10.4. The number of rotatable bonds is 2. The molecule has 0 aliphatic carbocycles. The van der Waals surface area contributed by atoms with Crippen molar-refractivity contribution in [2.45, 2.75) is 0 Å². The highest BCUT2D eigenvalue weighted by Crippen LogP contribution is 2.43. The highest BCUT2D eigenvalue weighted by atomic mass is 15.0. The minimum absolute atomic E-state index is 1.21. The molecule has 0 aliphatic heterocycles. The number of benzene rings is 9. The Morgan fingerprint density at radius 2 is 0.562 bits per heavy atom. The molecular weight excluding hydrogens is 581 g/mol. The molecule has 2 nitrogen and oxygen atoms in total. The van der Waals surface area contributed by atoms with Crippen LogP contribution >= 0.6 is 0 Å². The number of para-hydroxylation sites is 2. The summed E-state index contributed by atoms with van der Waals surface area (Å²) in [6.07, 6.45) is 0. The zero-order valence-electron chi connectivity index (χ0n) is 26.1. The van der Waals surface area contributed by atoms with E-state index in [0.29, 0.717) is 0 Å². The Hall–Kier alpha value is -6.38. The lowest BCUT2D eigenvalue weighted by Crippen LogP contribution is -1.97. The molecule has 11 rings (SSSR count). The number of nitrogens with zero attached hydrogens (tertiary/aromatic N) is 2. The van der Waals surface area contributed by atoms with E-state index >= 15 is 0 Å². The Labute approximate surface area is 276 Å². The highest BCUT2D eigenvalue weighted by Gasteiger charge is 2.21. The van der Waals surface area contributed by atoms with E-state index in [1.807, 2.05) is 0 Å². The first-order valence-corrected chi connectivity index (χ1v) is 16.6. The van der Waals surface area contributed by atoms with Crippen LogP contribution in [0.5, 0.6) is 0 Å². The van der Waals surface area contributed by atoms with Crippen LogP contribution in [0.2, 0.25) is 0 Å². The van der Waals surface area contributed by atoms with E-state index in [-0.39, 0.29) is 0 Å². The minimum atomic E-state index is 1.21. The van der Waals surface area contributed by atoms with Crippen LogP contribution in [0.1, 0.15) is 0 Å². The average molecular weight is 609 g/mol. The maximum atomic E-state index is 2.50. The maximum absolute atomic E-state index is 2.50. The Kier molecular flexibility index (Phi) is 5.14. The molecule has 0 saturated heterocycles. The van der Waals surface area contributed by atoms with Gasteiger partial charge in [-0.3, -0.25) is 0 Å². The minimum Gasteiger partial charge on any atom is -0.309 e. The molecule has 11 aromatic rings. The first kappa shape index (κ1) is 25.8. The van der Waals surface area contributed by atoms with Crippen LogP contribution in [0.25, 0.3) is 98.1 Å². The van der Waals surface area contributed by atoms with Gasteiger partial charge in [0, 0.05) is 32.3 Å². The predicted molar refractivity (Wildman–Crippen MR) is 205 cm³/mol. The SMILES string of the molecule is c1ccc2c(c1)cc(-n1c3ccccc3c3cc4c(cc31)c1ccccc1n4-c1cc3ccccc3c3ccccc13)c1ccccc12. The van der Waals surface area contributed by atoms with Crippen molar-refractivity contribution in [3.8, 4) is 11.4 Å². The summed E-state index contributed by atoms with van der Waals surface area (Å²) in [5, 5.41) is 15.1.